The molecule has 0 atom stereocenters. The second kappa shape index (κ2) is 4.15. The van der Waals surface area contributed by atoms with Crippen LogP contribution in [0.15, 0.2) is 24.4 Å². The number of rotatable bonds is 3. The molecule has 2 heterocycles. The molecule has 5 N–H and O–H groups in total. The summed E-state index contributed by atoms with van der Waals surface area (Å²) in [5.74, 6) is 0.996. The van der Waals surface area contributed by atoms with Crippen LogP contribution in [0.5, 0.6) is 0 Å². The second-order valence-corrected chi connectivity index (χ2v) is 3.99. The van der Waals surface area contributed by atoms with Crippen LogP contribution in [0.4, 0.5) is 11.8 Å². The highest BCUT2D eigenvalue weighted by atomic mass is 16.3. The highest BCUT2D eigenvalue weighted by Crippen LogP contribution is 2.29. The molecule has 2 aromatic heterocycles. The van der Waals surface area contributed by atoms with Crippen LogP contribution in [-0.2, 0) is 0 Å². The molecule has 0 aliphatic heterocycles. The van der Waals surface area contributed by atoms with Crippen LogP contribution in [-0.4, -0.2) is 33.2 Å². The third-order valence-corrected chi connectivity index (χ3v) is 2.81. The van der Waals surface area contributed by atoms with Crippen molar-refractivity contribution in [3.63, 3.8) is 0 Å². The van der Waals surface area contributed by atoms with Gasteiger partial charge >= 0.3 is 0 Å². The van der Waals surface area contributed by atoms with Crippen molar-refractivity contribution in [2.75, 3.05) is 24.2 Å². The molecule has 0 fully saturated rings. The molecule has 0 spiro atoms. The Morgan fingerprint density at radius 1 is 1.33 bits per heavy atom. The van der Waals surface area contributed by atoms with Crippen LogP contribution in [0.1, 0.15) is 0 Å². The lowest BCUT2D eigenvalue weighted by molar-refractivity contribution is 0.311. The highest BCUT2D eigenvalue weighted by molar-refractivity contribution is 6.10. The minimum absolute atomic E-state index is 0.0386. The second-order valence-electron chi connectivity index (χ2n) is 3.99. The van der Waals surface area contributed by atoms with E-state index in [9.17, 15) is 0 Å². The number of H-pyrrole nitrogens is 1. The summed E-state index contributed by atoms with van der Waals surface area (Å²) in [6.45, 7) is 0.465. The molecule has 0 saturated carbocycles. The molecule has 6 heteroatoms. The van der Waals surface area contributed by atoms with Gasteiger partial charge < -0.3 is 21.1 Å². The standard InChI is InChI=1S/C12H13N5O/c13-12-16-9-2-1-8-7(3-4-14-8)10(9)11(17-12)15-5-6-18/h1-4,15,18H,5-6H2,(H3,13,16,17). The predicted molar refractivity (Wildman–Crippen MR) is 71.4 cm³/mol. The van der Waals surface area contributed by atoms with Gasteiger partial charge in [0.15, 0.2) is 5.95 Å². The first-order chi connectivity index (χ1) is 8.79. The fourth-order valence-electron chi connectivity index (χ4n) is 2.09. The zero-order valence-electron chi connectivity index (χ0n) is 9.64. The SMILES string of the molecule is Nc1nc(NCCO)c2c(ccc3nccc32)[nH]1. The van der Waals surface area contributed by atoms with Crippen LogP contribution in [0, 0.1) is 0 Å². The number of hydrogen-bond donors (Lipinski definition) is 4. The third kappa shape index (κ3) is 1.63. The van der Waals surface area contributed by atoms with E-state index >= 15 is 0 Å². The van der Waals surface area contributed by atoms with Gasteiger partial charge in [-0.1, -0.05) is 0 Å². The maximum atomic E-state index is 8.90. The van der Waals surface area contributed by atoms with Crippen molar-refractivity contribution in [1.29, 1.82) is 0 Å². The van der Waals surface area contributed by atoms with Crippen molar-refractivity contribution in [2.24, 2.45) is 0 Å². The Labute approximate surface area is 103 Å². The number of aliphatic hydroxyl groups excluding tert-OH is 1. The first kappa shape index (κ1) is 10.8. The molecule has 18 heavy (non-hydrogen) atoms. The van der Waals surface area contributed by atoms with Gasteiger partial charge in [0.2, 0.25) is 0 Å². The van der Waals surface area contributed by atoms with Gasteiger partial charge in [-0.05, 0) is 18.2 Å². The van der Waals surface area contributed by atoms with Crippen molar-refractivity contribution < 1.29 is 5.11 Å². The van der Waals surface area contributed by atoms with E-state index in [-0.39, 0.29) is 6.61 Å². The predicted octanol–water partition coefficient (Wildman–Crippen LogP) is 1.10. The number of nitrogens with zero attached hydrogens (tertiary/aromatic N) is 2. The Morgan fingerprint density at radius 2 is 2.22 bits per heavy atom. The first-order valence-corrected chi connectivity index (χ1v) is 5.67. The summed E-state index contributed by atoms with van der Waals surface area (Å²) in [7, 11) is 0. The van der Waals surface area contributed by atoms with E-state index < -0.39 is 0 Å². The fraction of sp³-hybridized carbons (Fsp3) is 0.167. The molecule has 0 radical (unpaired) electrons. The summed E-state index contributed by atoms with van der Waals surface area (Å²) in [6.07, 6.45) is 1.76. The number of anilines is 2. The number of benzene rings is 1. The number of aliphatic hydroxyl groups is 1. The third-order valence-electron chi connectivity index (χ3n) is 2.81. The number of aromatic amines is 1. The highest BCUT2D eigenvalue weighted by Gasteiger charge is 2.09. The quantitative estimate of drug-likeness (QED) is 0.552. The molecule has 0 unspecified atom stereocenters. The summed E-state index contributed by atoms with van der Waals surface area (Å²) in [5.41, 5.74) is 7.53. The zero-order chi connectivity index (χ0) is 12.5. The van der Waals surface area contributed by atoms with Crippen LogP contribution in [0.2, 0.25) is 0 Å². The Hall–Kier alpha value is -2.34. The van der Waals surface area contributed by atoms with E-state index in [0.29, 0.717) is 18.3 Å². The van der Waals surface area contributed by atoms with E-state index in [2.05, 4.69) is 20.3 Å². The Bertz CT molecular complexity index is 706. The molecule has 0 saturated heterocycles. The monoisotopic (exact) mass is 243 g/mol. The minimum atomic E-state index is 0.0386. The molecule has 0 aliphatic rings. The number of nitrogens with one attached hydrogen (secondary N) is 2. The van der Waals surface area contributed by atoms with Crippen molar-refractivity contribution in [1.82, 2.24) is 15.0 Å². The lowest BCUT2D eigenvalue weighted by Crippen LogP contribution is -2.09. The van der Waals surface area contributed by atoms with Gasteiger partial charge in [-0.3, -0.25) is 4.98 Å². The first-order valence-electron chi connectivity index (χ1n) is 5.67. The summed E-state index contributed by atoms with van der Waals surface area (Å²) in [4.78, 5) is 11.5. The van der Waals surface area contributed by atoms with Crippen LogP contribution < -0.4 is 11.1 Å². The molecule has 0 aliphatic carbocycles. The number of aromatic nitrogens is 3. The van der Waals surface area contributed by atoms with Gasteiger partial charge in [0, 0.05) is 18.1 Å². The van der Waals surface area contributed by atoms with Crippen molar-refractivity contribution in [2.45, 2.75) is 0 Å². The Kier molecular flexibility index (Phi) is 2.49. The molecule has 0 bridgehead atoms. The van der Waals surface area contributed by atoms with Crippen LogP contribution >= 0.6 is 0 Å². The maximum Gasteiger partial charge on any atom is 0.199 e. The number of fused-ring (bicyclic) bond motifs is 3. The minimum Gasteiger partial charge on any atom is -0.395 e. The van der Waals surface area contributed by atoms with Gasteiger partial charge in [-0.15, -0.1) is 0 Å². The molecular formula is C12H13N5O. The van der Waals surface area contributed by atoms with Gasteiger partial charge in [-0.2, -0.15) is 4.98 Å². The summed E-state index contributed by atoms with van der Waals surface area (Å²) >= 11 is 0. The molecule has 1 aromatic carbocycles. The molecule has 92 valence electrons. The molecule has 3 aromatic rings. The maximum absolute atomic E-state index is 8.90. The zero-order valence-corrected chi connectivity index (χ0v) is 9.64. The van der Waals surface area contributed by atoms with Crippen LogP contribution in [0.3, 0.4) is 0 Å². The topological polar surface area (TPSA) is 99.8 Å². The number of nitrogen functional groups attached to an aromatic ring is 1. The van der Waals surface area contributed by atoms with Gasteiger partial charge in [0.25, 0.3) is 0 Å². The van der Waals surface area contributed by atoms with E-state index in [1.165, 1.54) is 0 Å². The number of nitrogens with two attached hydrogens (primary N) is 1. The smallest absolute Gasteiger partial charge is 0.199 e. The van der Waals surface area contributed by atoms with Gasteiger partial charge in [0.05, 0.1) is 23.0 Å². The summed E-state index contributed by atoms with van der Waals surface area (Å²) < 4.78 is 0. The summed E-state index contributed by atoms with van der Waals surface area (Å²) in [6, 6.07) is 5.80. The van der Waals surface area contributed by atoms with E-state index in [1.807, 2.05) is 18.2 Å². The van der Waals surface area contributed by atoms with Crippen LogP contribution in [0.25, 0.3) is 21.8 Å². The normalized spacial score (nSPS) is 11.2. The summed E-state index contributed by atoms with van der Waals surface area (Å²) in [5, 5.41) is 13.9. The van der Waals surface area contributed by atoms with Gasteiger partial charge in [0.1, 0.15) is 5.82 Å². The fourth-order valence-corrected chi connectivity index (χ4v) is 2.09. The number of hydrogen-bond acceptors (Lipinski definition) is 5. The van der Waals surface area contributed by atoms with Crippen molar-refractivity contribution >= 4 is 33.6 Å². The van der Waals surface area contributed by atoms with E-state index in [1.54, 1.807) is 6.20 Å². The lowest BCUT2D eigenvalue weighted by Gasteiger charge is -2.10. The Morgan fingerprint density at radius 3 is 3.06 bits per heavy atom. The van der Waals surface area contributed by atoms with Crippen molar-refractivity contribution in [3.8, 4) is 0 Å². The van der Waals surface area contributed by atoms with Crippen molar-refractivity contribution in [3.05, 3.63) is 24.4 Å². The molecule has 6 nitrogen and oxygen atoms in total. The molecular weight excluding hydrogens is 230 g/mol. The Balaban J connectivity index is 2.32. The van der Waals surface area contributed by atoms with E-state index in [0.717, 1.165) is 21.8 Å². The lowest BCUT2D eigenvalue weighted by atomic mass is 10.1. The largest absolute Gasteiger partial charge is 0.395 e. The van der Waals surface area contributed by atoms with E-state index in [4.69, 9.17) is 10.8 Å². The molecule has 3 rings (SSSR count). The van der Waals surface area contributed by atoms with Gasteiger partial charge in [-0.25, -0.2) is 0 Å². The molecule has 0 amide bonds. The average Bonchev–Trinajstić information content (AvgIpc) is 2.83. The average molecular weight is 243 g/mol.